The van der Waals surface area contributed by atoms with Gasteiger partial charge >= 0.3 is 5.97 Å². The van der Waals surface area contributed by atoms with Gasteiger partial charge in [0, 0.05) is 24.5 Å². The number of halogens is 1. The maximum Gasteiger partial charge on any atom is 0.351 e. The molecule has 0 saturated carbocycles. The van der Waals surface area contributed by atoms with Crippen LogP contribution in [0.2, 0.25) is 0 Å². The standard InChI is InChI=1S/C37H52FNO7/c1-10-30-37(9,43)33-25(4)31(39-27(6)40)23(2)20-35(7,26(5)24(3)32(41)36(8,38)34(42)46-30)45-22-29(21-44-33)19-15-14-18-28-16-12-11-13-17-28/h11-14,16-19,23-26,30,33,43H,10,15,20-22H2,1-9H3/b18-14+,29-19+,39-31+/t23-,24-,25+,26-,30-,33-,35-,36+,37-/m1/s1. The van der Waals surface area contributed by atoms with Crippen molar-refractivity contribution in [3.8, 4) is 0 Å². The van der Waals surface area contributed by atoms with Crippen LogP contribution in [0.3, 0.4) is 0 Å². The number of hydrogen-bond donors (Lipinski definition) is 1. The van der Waals surface area contributed by atoms with Gasteiger partial charge in [-0.25, -0.2) is 14.2 Å². The van der Waals surface area contributed by atoms with Crippen LogP contribution >= 0.6 is 0 Å². The van der Waals surface area contributed by atoms with Gasteiger partial charge in [0.15, 0.2) is 5.78 Å². The van der Waals surface area contributed by atoms with Crippen LogP contribution in [0.25, 0.3) is 6.08 Å². The summed E-state index contributed by atoms with van der Waals surface area (Å²) < 4.78 is 34.9. The van der Waals surface area contributed by atoms with Crippen LogP contribution in [0, 0.1) is 23.7 Å². The van der Waals surface area contributed by atoms with Crippen molar-refractivity contribution in [3.63, 3.8) is 0 Å². The van der Waals surface area contributed by atoms with E-state index in [4.69, 9.17) is 14.2 Å². The number of alkyl halides is 1. The van der Waals surface area contributed by atoms with E-state index in [1.165, 1.54) is 13.8 Å². The van der Waals surface area contributed by atoms with Crippen molar-refractivity contribution in [1.29, 1.82) is 0 Å². The average molecular weight is 642 g/mol. The molecule has 3 rings (SSSR count). The molecular weight excluding hydrogens is 589 g/mol. The SMILES string of the molecule is CC[C@H]1OC(=O)[C@@](C)(F)C(=O)[C@H](C)[C@@H](C)[C@@]2(C)C[C@@H](C)/C(=N\C(C)=O)[C@H](C)[C@@H](OC/C(=C\C/C=C/c3ccccc3)CO2)[C@]1(C)O. The lowest BCUT2D eigenvalue weighted by Gasteiger charge is -2.44. The Morgan fingerprint density at radius 2 is 1.72 bits per heavy atom. The number of fused-ring (bicyclic) bond motifs is 5. The Morgan fingerprint density at radius 3 is 2.33 bits per heavy atom. The Kier molecular flexibility index (Phi) is 12.4. The van der Waals surface area contributed by atoms with Gasteiger partial charge < -0.3 is 19.3 Å². The van der Waals surface area contributed by atoms with Crippen molar-refractivity contribution in [1.82, 2.24) is 0 Å². The number of nitrogens with zero attached hydrogens (tertiary/aromatic N) is 1. The predicted octanol–water partition coefficient (Wildman–Crippen LogP) is 6.50. The molecule has 0 radical (unpaired) electrons. The first-order valence-corrected chi connectivity index (χ1v) is 16.4. The fourth-order valence-corrected chi connectivity index (χ4v) is 6.85. The van der Waals surface area contributed by atoms with E-state index in [0.29, 0.717) is 18.6 Å². The summed E-state index contributed by atoms with van der Waals surface area (Å²) in [5, 5.41) is 12.1. The second-order valence-corrected chi connectivity index (χ2v) is 13.7. The van der Waals surface area contributed by atoms with Gasteiger partial charge in [-0.05, 0) is 63.0 Å². The van der Waals surface area contributed by atoms with Gasteiger partial charge in [0.25, 0.3) is 5.67 Å². The van der Waals surface area contributed by atoms with E-state index < -0.39 is 64.5 Å². The smallest absolute Gasteiger partial charge is 0.351 e. The lowest BCUT2D eigenvalue weighted by atomic mass is 9.70. The number of carbonyl (C=O) groups excluding carboxylic acids is 3. The Labute approximate surface area is 273 Å². The summed E-state index contributed by atoms with van der Waals surface area (Å²) in [7, 11) is 0. The highest BCUT2D eigenvalue weighted by Gasteiger charge is 2.54. The minimum absolute atomic E-state index is 0.0657. The number of hydrogen-bond acceptors (Lipinski definition) is 7. The molecule has 2 fully saturated rings. The molecule has 1 aromatic carbocycles. The molecule has 0 unspecified atom stereocenters. The molecular formula is C37H52FNO7. The molecule has 1 amide bonds. The van der Waals surface area contributed by atoms with E-state index in [-0.39, 0.29) is 25.6 Å². The van der Waals surface area contributed by atoms with Crippen molar-refractivity contribution < 1.29 is 38.1 Å². The van der Waals surface area contributed by atoms with Gasteiger partial charge in [-0.3, -0.25) is 9.59 Å². The third-order valence-electron chi connectivity index (χ3n) is 9.93. The summed E-state index contributed by atoms with van der Waals surface area (Å²) in [6, 6.07) is 9.93. The van der Waals surface area contributed by atoms with Crippen molar-refractivity contribution in [2.24, 2.45) is 28.7 Å². The third-order valence-corrected chi connectivity index (χ3v) is 9.93. The fraction of sp³-hybridized carbons (Fsp3) is 0.622. The number of Topliss-reactive ketones (excluding diaryl/α,β-unsaturated/α-hetero) is 1. The summed E-state index contributed by atoms with van der Waals surface area (Å²) >= 11 is 0. The van der Waals surface area contributed by atoms with E-state index >= 15 is 4.39 Å². The lowest BCUT2D eigenvalue weighted by Crippen LogP contribution is -2.58. The van der Waals surface area contributed by atoms with Crippen LogP contribution in [0.15, 0.2) is 53.0 Å². The van der Waals surface area contributed by atoms with Crippen LogP contribution in [-0.2, 0) is 28.6 Å². The van der Waals surface area contributed by atoms with Crippen LogP contribution in [-0.4, -0.2) is 70.8 Å². The number of cyclic esters (lactones) is 1. The first-order valence-electron chi connectivity index (χ1n) is 16.4. The van der Waals surface area contributed by atoms with Crippen LogP contribution in [0.4, 0.5) is 4.39 Å². The number of amides is 1. The van der Waals surface area contributed by atoms with Gasteiger partial charge in [0.05, 0.1) is 24.9 Å². The maximum atomic E-state index is 16.1. The molecule has 0 spiro atoms. The highest BCUT2D eigenvalue weighted by Crippen LogP contribution is 2.41. The zero-order valence-electron chi connectivity index (χ0n) is 28.8. The Hall–Kier alpha value is -3.01. The summed E-state index contributed by atoms with van der Waals surface area (Å²) in [5.74, 6) is -5.14. The largest absolute Gasteiger partial charge is 0.457 e. The maximum absolute atomic E-state index is 16.1. The van der Waals surface area contributed by atoms with Gasteiger partial charge in [-0.1, -0.05) is 83.2 Å². The molecule has 2 bridgehead atoms. The quantitative estimate of drug-likeness (QED) is 0.227. The first-order chi connectivity index (χ1) is 21.5. The number of ketones is 1. The number of benzene rings is 1. The lowest BCUT2D eigenvalue weighted by molar-refractivity contribution is -0.198. The van der Waals surface area contributed by atoms with Crippen molar-refractivity contribution in [2.45, 2.75) is 111 Å². The van der Waals surface area contributed by atoms with Crippen molar-refractivity contribution >= 4 is 29.4 Å². The molecule has 1 N–H and O–H groups in total. The topological polar surface area (TPSA) is 111 Å². The molecule has 2 heterocycles. The summed E-state index contributed by atoms with van der Waals surface area (Å²) in [4.78, 5) is 43.8. The molecule has 254 valence electrons. The fourth-order valence-electron chi connectivity index (χ4n) is 6.85. The monoisotopic (exact) mass is 641 g/mol. The molecule has 8 nitrogen and oxygen atoms in total. The second kappa shape index (κ2) is 15.3. The van der Waals surface area contributed by atoms with Crippen LogP contribution in [0.1, 0.15) is 87.1 Å². The molecule has 2 saturated heterocycles. The number of ether oxygens (including phenoxy) is 3. The number of aliphatic imine (C=N–C) groups is 1. The molecule has 2 aliphatic heterocycles. The van der Waals surface area contributed by atoms with Gasteiger partial charge in [0.2, 0.25) is 5.91 Å². The highest BCUT2D eigenvalue weighted by atomic mass is 19.1. The van der Waals surface area contributed by atoms with E-state index in [0.717, 1.165) is 18.1 Å². The van der Waals surface area contributed by atoms with Gasteiger partial charge in [0.1, 0.15) is 11.7 Å². The number of rotatable bonds is 4. The Bertz CT molecular complexity index is 1330. The first kappa shape index (κ1) is 37.4. The average Bonchev–Trinajstić information content (AvgIpc) is 3.02. The molecule has 46 heavy (non-hydrogen) atoms. The molecule has 2 aliphatic rings. The minimum Gasteiger partial charge on any atom is -0.457 e. The third kappa shape index (κ3) is 8.47. The minimum atomic E-state index is -2.95. The van der Waals surface area contributed by atoms with Crippen molar-refractivity contribution in [2.75, 3.05) is 13.2 Å². The highest BCUT2D eigenvalue weighted by molar-refractivity contribution is 6.07. The van der Waals surface area contributed by atoms with E-state index in [9.17, 15) is 19.5 Å². The number of aliphatic hydroxyl groups is 1. The van der Waals surface area contributed by atoms with E-state index in [1.807, 2.05) is 76.3 Å². The summed E-state index contributed by atoms with van der Waals surface area (Å²) in [5.41, 5.74) is -3.45. The molecule has 9 heteroatoms. The zero-order valence-corrected chi connectivity index (χ0v) is 28.8. The number of allylic oxidation sites excluding steroid dienone is 2. The molecule has 0 aliphatic carbocycles. The number of carbonyl (C=O) groups is 3. The summed E-state index contributed by atoms with van der Waals surface area (Å²) in [6.07, 6.45) is 4.84. The normalized spacial score (nSPS) is 38.7. The van der Waals surface area contributed by atoms with E-state index in [1.54, 1.807) is 13.8 Å². The van der Waals surface area contributed by atoms with Crippen molar-refractivity contribution in [3.05, 3.63) is 53.6 Å². The molecule has 1 aromatic rings. The zero-order chi connectivity index (χ0) is 34.4. The predicted molar refractivity (Wildman–Crippen MR) is 177 cm³/mol. The van der Waals surface area contributed by atoms with E-state index in [2.05, 4.69) is 4.99 Å². The number of esters is 1. The van der Waals surface area contributed by atoms with Crippen LogP contribution < -0.4 is 0 Å². The second-order valence-electron chi connectivity index (χ2n) is 13.7. The molecule has 0 aromatic heterocycles. The van der Waals surface area contributed by atoms with Gasteiger partial charge in [-0.15, -0.1) is 0 Å². The molecule has 9 atom stereocenters. The Morgan fingerprint density at radius 1 is 1.07 bits per heavy atom. The Balaban J connectivity index is 2.23. The summed E-state index contributed by atoms with van der Waals surface area (Å²) in [6.45, 7) is 14.7. The van der Waals surface area contributed by atoms with Crippen LogP contribution in [0.5, 0.6) is 0 Å². The van der Waals surface area contributed by atoms with Gasteiger partial charge in [-0.2, -0.15) is 0 Å².